The first kappa shape index (κ1) is 16.5. The van der Waals surface area contributed by atoms with Crippen LogP contribution in [0.2, 0.25) is 0 Å². The van der Waals surface area contributed by atoms with Crippen molar-refractivity contribution >= 4 is 5.91 Å². The molecule has 2 aliphatic rings. The number of alkyl halides is 3. The topological polar surface area (TPSA) is 61.4 Å². The van der Waals surface area contributed by atoms with Crippen molar-refractivity contribution in [2.75, 3.05) is 19.6 Å². The van der Waals surface area contributed by atoms with Crippen LogP contribution < -0.4 is 10.6 Å². The molecule has 7 heteroatoms. The van der Waals surface area contributed by atoms with Crippen molar-refractivity contribution in [1.29, 1.82) is 0 Å². The molecule has 1 atom stereocenters. The van der Waals surface area contributed by atoms with Crippen LogP contribution in [0.4, 0.5) is 13.2 Å². The lowest BCUT2D eigenvalue weighted by Crippen LogP contribution is -2.55. The number of rotatable bonds is 3. The number of aliphatic hydroxyl groups is 1. The molecular formula is C14H23F3N2O2. The van der Waals surface area contributed by atoms with Crippen molar-refractivity contribution in [1.82, 2.24) is 10.6 Å². The highest BCUT2D eigenvalue weighted by atomic mass is 19.4. The first-order valence-electron chi connectivity index (χ1n) is 7.57. The number of halogens is 3. The van der Waals surface area contributed by atoms with Crippen LogP contribution >= 0.6 is 0 Å². The van der Waals surface area contributed by atoms with Crippen molar-refractivity contribution in [2.45, 2.75) is 56.7 Å². The van der Waals surface area contributed by atoms with E-state index in [-0.39, 0.29) is 26.1 Å². The van der Waals surface area contributed by atoms with Gasteiger partial charge in [0.2, 0.25) is 5.91 Å². The highest BCUT2D eigenvalue weighted by molar-refractivity contribution is 5.84. The maximum absolute atomic E-state index is 13.2. The van der Waals surface area contributed by atoms with E-state index in [0.29, 0.717) is 12.8 Å². The Morgan fingerprint density at radius 1 is 1.14 bits per heavy atom. The highest BCUT2D eigenvalue weighted by Crippen LogP contribution is 2.43. The molecule has 0 bridgehead atoms. The number of hydrogen-bond donors (Lipinski definition) is 3. The monoisotopic (exact) mass is 308 g/mol. The van der Waals surface area contributed by atoms with Gasteiger partial charge in [-0.25, -0.2) is 0 Å². The van der Waals surface area contributed by atoms with Crippen LogP contribution in [-0.2, 0) is 4.79 Å². The summed E-state index contributed by atoms with van der Waals surface area (Å²) in [5.74, 6) is -1.02. The first-order valence-corrected chi connectivity index (χ1v) is 7.57. The Morgan fingerprint density at radius 3 is 2.24 bits per heavy atom. The summed E-state index contributed by atoms with van der Waals surface area (Å²) in [6.07, 6.45) is -0.0292. The van der Waals surface area contributed by atoms with Gasteiger partial charge in [-0.1, -0.05) is 25.7 Å². The standard InChI is InChI=1S/C14H23F3N2O2/c15-14(16,17)13(7-8-18-10-13)11(20)19-9-12(21)5-3-1-2-4-6-12/h18,21H,1-10H2,(H,19,20). The number of nitrogens with one attached hydrogen (secondary N) is 2. The van der Waals surface area contributed by atoms with Crippen molar-refractivity contribution in [3.05, 3.63) is 0 Å². The van der Waals surface area contributed by atoms with Gasteiger partial charge in [0, 0.05) is 13.1 Å². The summed E-state index contributed by atoms with van der Waals surface area (Å²) in [5, 5.41) is 15.4. The minimum absolute atomic E-state index is 0.0936. The van der Waals surface area contributed by atoms with Crippen LogP contribution in [0.15, 0.2) is 0 Å². The Kier molecular flexibility index (Phi) is 4.82. The van der Waals surface area contributed by atoms with Gasteiger partial charge in [0.25, 0.3) is 0 Å². The van der Waals surface area contributed by atoms with Gasteiger partial charge < -0.3 is 15.7 Å². The molecule has 1 aliphatic carbocycles. The Bertz CT molecular complexity index is 371. The third-order valence-electron chi connectivity index (χ3n) is 4.74. The molecular weight excluding hydrogens is 285 g/mol. The molecule has 1 saturated heterocycles. The van der Waals surface area contributed by atoms with E-state index in [1.165, 1.54) is 0 Å². The van der Waals surface area contributed by atoms with Gasteiger partial charge in [0.05, 0.1) is 5.60 Å². The van der Waals surface area contributed by atoms with Crippen LogP contribution in [-0.4, -0.2) is 42.4 Å². The molecule has 0 aromatic rings. The molecule has 1 amide bonds. The SMILES string of the molecule is O=C(NCC1(O)CCCCCC1)C1(C(F)(F)F)CCNC1. The predicted molar refractivity (Wildman–Crippen MR) is 71.6 cm³/mol. The predicted octanol–water partition coefficient (Wildman–Crippen LogP) is 1.73. The molecule has 1 aliphatic heterocycles. The zero-order valence-electron chi connectivity index (χ0n) is 12.1. The van der Waals surface area contributed by atoms with Crippen LogP contribution in [0.25, 0.3) is 0 Å². The van der Waals surface area contributed by atoms with Gasteiger partial charge in [0.15, 0.2) is 5.41 Å². The van der Waals surface area contributed by atoms with Crippen LogP contribution in [0.1, 0.15) is 44.9 Å². The van der Waals surface area contributed by atoms with Gasteiger partial charge in [-0.3, -0.25) is 4.79 Å². The zero-order valence-corrected chi connectivity index (χ0v) is 12.1. The maximum atomic E-state index is 13.2. The second-order valence-corrected chi connectivity index (χ2v) is 6.33. The van der Waals surface area contributed by atoms with E-state index >= 15 is 0 Å². The quantitative estimate of drug-likeness (QED) is 0.696. The molecule has 4 nitrogen and oxygen atoms in total. The smallest absolute Gasteiger partial charge is 0.388 e. The minimum atomic E-state index is -4.58. The summed E-state index contributed by atoms with van der Waals surface area (Å²) in [5.41, 5.74) is -3.42. The molecule has 2 rings (SSSR count). The summed E-state index contributed by atoms with van der Waals surface area (Å²) < 4.78 is 39.7. The largest absolute Gasteiger partial charge is 0.404 e. The molecule has 0 radical (unpaired) electrons. The molecule has 2 fully saturated rings. The van der Waals surface area contributed by atoms with Crippen molar-refractivity contribution in [3.8, 4) is 0 Å². The Balaban J connectivity index is 1.99. The number of hydrogen-bond acceptors (Lipinski definition) is 3. The van der Waals surface area contributed by atoms with E-state index in [1.54, 1.807) is 0 Å². The molecule has 1 unspecified atom stereocenters. The molecule has 0 aromatic carbocycles. The van der Waals surface area contributed by atoms with Crippen molar-refractivity contribution in [3.63, 3.8) is 0 Å². The van der Waals surface area contributed by atoms with E-state index in [9.17, 15) is 23.1 Å². The fourth-order valence-corrected chi connectivity index (χ4v) is 3.23. The van der Waals surface area contributed by atoms with Crippen LogP contribution in [0.5, 0.6) is 0 Å². The van der Waals surface area contributed by atoms with Gasteiger partial charge in [-0.05, 0) is 25.8 Å². The van der Waals surface area contributed by atoms with Gasteiger partial charge in [-0.15, -0.1) is 0 Å². The van der Waals surface area contributed by atoms with Crippen molar-refractivity contribution in [2.24, 2.45) is 5.41 Å². The normalized spacial score (nSPS) is 29.9. The van der Waals surface area contributed by atoms with E-state index in [4.69, 9.17) is 0 Å². The third kappa shape index (κ3) is 3.51. The average Bonchev–Trinajstić information content (AvgIpc) is 2.82. The molecule has 1 saturated carbocycles. The Morgan fingerprint density at radius 2 is 1.76 bits per heavy atom. The fraction of sp³-hybridized carbons (Fsp3) is 0.929. The third-order valence-corrected chi connectivity index (χ3v) is 4.74. The lowest BCUT2D eigenvalue weighted by Gasteiger charge is -2.32. The maximum Gasteiger partial charge on any atom is 0.404 e. The number of carbonyl (C=O) groups excluding carboxylic acids is 1. The lowest BCUT2D eigenvalue weighted by molar-refractivity contribution is -0.216. The van der Waals surface area contributed by atoms with E-state index < -0.39 is 23.1 Å². The molecule has 3 N–H and O–H groups in total. The molecule has 0 aromatic heterocycles. The van der Waals surface area contributed by atoms with E-state index in [1.807, 2.05) is 0 Å². The Hall–Kier alpha value is -0.820. The number of amides is 1. The molecule has 21 heavy (non-hydrogen) atoms. The average molecular weight is 308 g/mol. The van der Waals surface area contributed by atoms with Crippen molar-refractivity contribution < 1.29 is 23.1 Å². The Labute approximate surface area is 122 Å². The second kappa shape index (κ2) is 6.12. The summed E-state index contributed by atoms with van der Waals surface area (Å²) in [6.45, 7) is -0.304. The summed E-state index contributed by atoms with van der Waals surface area (Å²) in [7, 11) is 0. The lowest BCUT2D eigenvalue weighted by atomic mass is 9.84. The van der Waals surface area contributed by atoms with Crippen LogP contribution in [0, 0.1) is 5.41 Å². The first-order chi connectivity index (χ1) is 9.79. The second-order valence-electron chi connectivity index (χ2n) is 6.33. The summed E-state index contributed by atoms with van der Waals surface area (Å²) in [6, 6.07) is 0. The van der Waals surface area contributed by atoms with E-state index in [0.717, 1.165) is 25.7 Å². The fourth-order valence-electron chi connectivity index (χ4n) is 3.23. The van der Waals surface area contributed by atoms with Gasteiger partial charge in [0.1, 0.15) is 0 Å². The summed E-state index contributed by atoms with van der Waals surface area (Å²) in [4.78, 5) is 12.1. The minimum Gasteiger partial charge on any atom is -0.388 e. The highest BCUT2D eigenvalue weighted by Gasteiger charge is 2.61. The van der Waals surface area contributed by atoms with Gasteiger partial charge in [-0.2, -0.15) is 13.2 Å². The zero-order chi connectivity index (χ0) is 15.6. The molecule has 0 spiro atoms. The molecule has 122 valence electrons. The molecule has 1 heterocycles. The van der Waals surface area contributed by atoms with Crippen LogP contribution in [0.3, 0.4) is 0 Å². The summed E-state index contributed by atoms with van der Waals surface area (Å²) >= 11 is 0. The van der Waals surface area contributed by atoms with Gasteiger partial charge >= 0.3 is 6.18 Å². The number of carbonyl (C=O) groups is 1. The van der Waals surface area contributed by atoms with E-state index in [2.05, 4.69) is 10.6 Å².